The molecule has 6 nitrogen and oxygen atoms in total. The number of piperidine rings is 1. The molecule has 126 valence electrons. The predicted molar refractivity (Wildman–Crippen MR) is 93.3 cm³/mol. The van der Waals surface area contributed by atoms with E-state index in [0.717, 1.165) is 41.2 Å². The van der Waals surface area contributed by atoms with E-state index < -0.39 is 0 Å². The number of aromatic nitrogens is 4. The molecule has 0 bridgehead atoms. The summed E-state index contributed by atoms with van der Waals surface area (Å²) in [5.41, 5.74) is 1.23. The summed E-state index contributed by atoms with van der Waals surface area (Å²) in [6.45, 7) is 5.63. The third-order valence-electron chi connectivity index (χ3n) is 4.29. The summed E-state index contributed by atoms with van der Waals surface area (Å²) in [6.07, 6.45) is 3.88. The molecule has 1 fully saturated rings. The molecule has 3 aromatic rings. The van der Waals surface area contributed by atoms with Crippen molar-refractivity contribution in [2.75, 3.05) is 13.1 Å². The highest BCUT2D eigenvalue weighted by Gasteiger charge is 2.17. The van der Waals surface area contributed by atoms with Crippen LogP contribution in [0.25, 0.3) is 4.96 Å². The number of likely N-dealkylation sites (tertiary alicyclic amines) is 1. The summed E-state index contributed by atoms with van der Waals surface area (Å²) in [7, 11) is 0. The average Bonchev–Trinajstić information content (AvgIpc) is 3.17. The number of hydrogen-bond acceptors (Lipinski definition) is 6. The topological polar surface area (TPSA) is 55.6 Å². The van der Waals surface area contributed by atoms with E-state index in [9.17, 15) is 0 Å². The van der Waals surface area contributed by atoms with Gasteiger partial charge in [-0.15, -0.1) is 10.2 Å². The van der Waals surface area contributed by atoms with Gasteiger partial charge in [-0.25, -0.2) is 0 Å². The highest BCUT2D eigenvalue weighted by Crippen LogP contribution is 2.19. The second-order valence-corrected chi connectivity index (χ2v) is 7.29. The van der Waals surface area contributed by atoms with E-state index in [0.29, 0.717) is 6.61 Å². The fourth-order valence-corrected chi connectivity index (χ4v) is 3.72. The Bertz CT molecular complexity index is 804. The van der Waals surface area contributed by atoms with E-state index in [1.54, 1.807) is 0 Å². The lowest BCUT2D eigenvalue weighted by Gasteiger charge is -2.25. The molecule has 0 amide bonds. The number of ether oxygens (including phenoxy) is 1. The smallest absolute Gasteiger partial charge is 0.234 e. The minimum Gasteiger partial charge on any atom is -0.486 e. The van der Waals surface area contributed by atoms with E-state index in [-0.39, 0.29) is 0 Å². The molecular weight excluding hydrogens is 322 g/mol. The lowest BCUT2D eigenvalue weighted by Crippen LogP contribution is -2.30. The summed E-state index contributed by atoms with van der Waals surface area (Å²) in [6, 6.07) is 8.06. The number of fused-ring (bicyclic) bond motifs is 1. The molecule has 24 heavy (non-hydrogen) atoms. The Labute approximate surface area is 145 Å². The van der Waals surface area contributed by atoms with Crippen molar-refractivity contribution >= 4 is 16.3 Å². The molecule has 1 aliphatic heterocycles. The lowest BCUT2D eigenvalue weighted by molar-refractivity contribution is 0.214. The number of hydrogen-bond donors (Lipinski definition) is 0. The molecule has 1 aliphatic rings. The Hall–Kier alpha value is -1.99. The standard InChI is InChI=1S/C17H21N5OS/c1-13-5-7-14(8-6-13)23-12-16-20-22-15(18-19-17(22)24-16)11-21-9-3-2-4-10-21/h5-8H,2-4,9-12H2,1H3. The van der Waals surface area contributed by atoms with Crippen LogP contribution in [-0.2, 0) is 13.2 Å². The maximum Gasteiger partial charge on any atom is 0.234 e. The number of aryl methyl sites for hydroxylation is 1. The fourth-order valence-electron chi connectivity index (χ4n) is 2.95. The summed E-state index contributed by atoms with van der Waals surface area (Å²) in [4.78, 5) is 3.27. The molecule has 7 heteroatoms. The van der Waals surface area contributed by atoms with Crippen LogP contribution in [0.1, 0.15) is 35.7 Å². The van der Waals surface area contributed by atoms with Crippen molar-refractivity contribution in [2.24, 2.45) is 0 Å². The molecule has 0 saturated carbocycles. The van der Waals surface area contributed by atoms with Gasteiger partial charge < -0.3 is 4.74 Å². The van der Waals surface area contributed by atoms with Crippen molar-refractivity contribution in [3.8, 4) is 5.75 Å². The van der Waals surface area contributed by atoms with Gasteiger partial charge in [-0.05, 0) is 45.0 Å². The summed E-state index contributed by atoms with van der Waals surface area (Å²) in [5, 5.41) is 14.1. The SMILES string of the molecule is Cc1ccc(OCc2nn3c(CN4CCCCC4)nnc3s2)cc1. The van der Waals surface area contributed by atoms with E-state index in [1.165, 1.54) is 36.2 Å². The van der Waals surface area contributed by atoms with Crippen LogP contribution in [0.2, 0.25) is 0 Å². The molecule has 0 radical (unpaired) electrons. The minimum atomic E-state index is 0.459. The Morgan fingerprint density at radius 2 is 1.88 bits per heavy atom. The second-order valence-electron chi connectivity index (χ2n) is 6.24. The summed E-state index contributed by atoms with van der Waals surface area (Å²) < 4.78 is 7.68. The summed E-state index contributed by atoms with van der Waals surface area (Å²) >= 11 is 1.54. The zero-order valence-corrected chi connectivity index (χ0v) is 14.6. The van der Waals surface area contributed by atoms with Gasteiger partial charge >= 0.3 is 0 Å². The van der Waals surface area contributed by atoms with E-state index in [2.05, 4.69) is 27.1 Å². The monoisotopic (exact) mass is 343 g/mol. The van der Waals surface area contributed by atoms with Gasteiger partial charge in [0.15, 0.2) is 10.8 Å². The molecule has 0 N–H and O–H groups in total. The van der Waals surface area contributed by atoms with Crippen LogP contribution in [0.15, 0.2) is 24.3 Å². The normalized spacial score (nSPS) is 15.9. The van der Waals surface area contributed by atoms with Gasteiger partial charge in [0.25, 0.3) is 0 Å². The maximum absolute atomic E-state index is 5.81. The molecule has 1 saturated heterocycles. The molecule has 0 atom stereocenters. The Balaban J connectivity index is 1.44. The first-order valence-corrected chi connectivity index (χ1v) is 9.21. The first-order chi connectivity index (χ1) is 11.8. The summed E-state index contributed by atoms with van der Waals surface area (Å²) in [5.74, 6) is 1.78. The highest BCUT2D eigenvalue weighted by atomic mass is 32.1. The number of benzene rings is 1. The van der Waals surface area contributed by atoms with Crippen molar-refractivity contribution in [1.29, 1.82) is 0 Å². The minimum absolute atomic E-state index is 0.459. The first kappa shape index (κ1) is 15.5. The second kappa shape index (κ2) is 6.86. The van der Waals surface area contributed by atoms with Crippen molar-refractivity contribution in [1.82, 2.24) is 24.7 Å². The van der Waals surface area contributed by atoms with Crippen molar-refractivity contribution in [2.45, 2.75) is 39.3 Å². The molecule has 0 spiro atoms. The van der Waals surface area contributed by atoms with Gasteiger partial charge in [-0.3, -0.25) is 4.90 Å². The van der Waals surface area contributed by atoms with Gasteiger partial charge in [0.1, 0.15) is 12.4 Å². The molecule has 3 heterocycles. The fraction of sp³-hybridized carbons (Fsp3) is 0.471. The lowest BCUT2D eigenvalue weighted by atomic mass is 10.1. The molecule has 4 rings (SSSR count). The van der Waals surface area contributed by atoms with Crippen LogP contribution in [0, 0.1) is 6.92 Å². The average molecular weight is 343 g/mol. The predicted octanol–water partition coefficient (Wildman–Crippen LogP) is 3.06. The van der Waals surface area contributed by atoms with Crippen molar-refractivity contribution in [3.63, 3.8) is 0 Å². The van der Waals surface area contributed by atoms with Crippen LogP contribution in [-0.4, -0.2) is 37.8 Å². The van der Waals surface area contributed by atoms with Gasteiger partial charge in [-0.1, -0.05) is 35.5 Å². The van der Waals surface area contributed by atoms with E-state index in [1.807, 2.05) is 28.8 Å². The largest absolute Gasteiger partial charge is 0.486 e. The molecule has 1 aromatic carbocycles. The Morgan fingerprint density at radius 3 is 2.67 bits per heavy atom. The Kier molecular flexibility index (Phi) is 4.44. The van der Waals surface area contributed by atoms with Crippen LogP contribution in [0.3, 0.4) is 0 Å². The van der Waals surface area contributed by atoms with Gasteiger partial charge in [0, 0.05) is 0 Å². The van der Waals surface area contributed by atoms with Crippen molar-refractivity contribution in [3.05, 3.63) is 40.7 Å². The quantitative estimate of drug-likeness (QED) is 0.713. The van der Waals surface area contributed by atoms with Crippen LogP contribution in [0.5, 0.6) is 5.75 Å². The molecule has 2 aromatic heterocycles. The van der Waals surface area contributed by atoms with Crippen LogP contribution < -0.4 is 4.74 Å². The number of nitrogens with zero attached hydrogens (tertiary/aromatic N) is 5. The van der Waals surface area contributed by atoms with Gasteiger partial charge in [0.2, 0.25) is 4.96 Å². The Morgan fingerprint density at radius 1 is 1.08 bits per heavy atom. The van der Waals surface area contributed by atoms with E-state index >= 15 is 0 Å². The maximum atomic E-state index is 5.81. The molecular formula is C17H21N5OS. The highest BCUT2D eigenvalue weighted by molar-refractivity contribution is 7.16. The first-order valence-electron chi connectivity index (χ1n) is 8.40. The molecule has 0 unspecified atom stereocenters. The van der Waals surface area contributed by atoms with Crippen molar-refractivity contribution < 1.29 is 4.74 Å². The zero-order chi connectivity index (χ0) is 16.4. The zero-order valence-electron chi connectivity index (χ0n) is 13.8. The third kappa shape index (κ3) is 3.42. The van der Waals surface area contributed by atoms with Gasteiger partial charge in [-0.2, -0.15) is 9.61 Å². The van der Waals surface area contributed by atoms with E-state index in [4.69, 9.17) is 4.74 Å². The molecule has 0 aliphatic carbocycles. The van der Waals surface area contributed by atoms with Crippen LogP contribution >= 0.6 is 11.3 Å². The number of rotatable bonds is 5. The van der Waals surface area contributed by atoms with Crippen LogP contribution in [0.4, 0.5) is 0 Å². The third-order valence-corrected chi connectivity index (χ3v) is 5.17. The van der Waals surface area contributed by atoms with Gasteiger partial charge in [0.05, 0.1) is 6.54 Å².